The average Bonchev–Trinajstić information content (AvgIpc) is 3.36. The van der Waals surface area contributed by atoms with E-state index in [2.05, 4.69) is 17.3 Å². The molecular formula is C15H25N3OS. The minimum atomic E-state index is 0.739. The van der Waals surface area contributed by atoms with Crippen LogP contribution < -0.4 is 10.2 Å². The predicted molar refractivity (Wildman–Crippen MR) is 83.7 cm³/mol. The normalized spacial score (nSPS) is 18.5. The van der Waals surface area contributed by atoms with Crippen molar-refractivity contribution in [1.29, 1.82) is 0 Å². The molecule has 4 nitrogen and oxygen atoms in total. The van der Waals surface area contributed by atoms with E-state index in [1.54, 1.807) is 7.11 Å². The minimum absolute atomic E-state index is 0.739. The summed E-state index contributed by atoms with van der Waals surface area (Å²) in [6, 6.07) is 0.770. The molecule has 2 fully saturated rings. The lowest BCUT2D eigenvalue weighted by Gasteiger charge is -2.14. The molecule has 2 aliphatic carbocycles. The molecule has 0 radical (unpaired) electrons. The van der Waals surface area contributed by atoms with Crippen molar-refractivity contribution in [1.82, 2.24) is 10.3 Å². The molecule has 1 aromatic rings. The van der Waals surface area contributed by atoms with Gasteiger partial charge in [0.2, 0.25) is 0 Å². The lowest BCUT2D eigenvalue weighted by Crippen LogP contribution is -2.19. The smallest absolute Gasteiger partial charge is 0.185 e. The molecule has 0 unspecified atom stereocenters. The van der Waals surface area contributed by atoms with Gasteiger partial charge in [0.25, 0.3) is 0 Å². The standard InChI is InChI=1S/C15H25N3OS/c1-18(8-3-9-19-2)15-17-14(11-4-5-11)13(20-15)10-16-12-6-7-12/h11-12,16H,3-10H2,1-2H3. The highest BCUT2D eigenvalue weighted by Crippen LogP contribution is 2.44. The molecule has 1 aromatic heterocycles. The molecule has 2 aliphatic rings. The summed E-state index contributed by atoms with van der Waals surface area (Å²) in [6.45, 7) is 2.85. The van der Waals surface area contributed by atoms with Crippen LogP contribution in [-0.2, 0) is 11.3 Å². The third kappa shape index (κ3) is 3.71. The van der Waals surface area contributed by atoms with Gasteiger partial charge in [0.05, 0.1) is 5.69 Å². The molecule has 20 heavy (non-hydrogen) atoms. The van der Waals surface area contributed by atoms with Crippen LogP contribution in [-0.4, -0.2) is 38.3 Å². The number of rotatable bonds is 9. The van der Waals surface area contributed by atoms with Crippen LogP contribution in [0.1, 0.15) is 48.6 Å². The molecule has 5 heteroatoms. The highest BCUT2D eigenvalue weighted by Gasteiger charge is 2.31. The van der Waals surface area contributed by atoms with Crippen LogP contribution in [0.15, 0.2) is 0 Å². The number of hydrogen-bond donors (Lipinski definition) is 1. The zero-order valence-electron chi connectivity index (χ0n) is 12.5. The second-order valence-corrected chi connectivity index (χ2v) is 7.06. The summed E-state index contributed by atoms with van der Waals surface area (Å²) in [7, 11) is 3.90. The van der Waals surface area contributed by atoms with Gasteiger partial charge in [-0.3, -0.25) is 0 Å². The van der Waals surface area contributed by atoms with Crippen LogP contribution in [0, 0.1) is 0 Å². The van der Waals surface area contributed by atoms with Crippen molar-refractivity contribution in [2.75, 3.05) is 32.2 Å². The van der Waals surface area contributed by atoms with Crippen LogP contribution in [0.5, 0.6) is 0 Å². The van der Waals surface area contributed by atoms with Crippen molar-refractivity contribution in [3.05, 3.63) is 10.6 Å². The zero-order valence-corrected chi connectivity index (χ0v) is 13.3. The van der Waals surface area contributed by atoms with Crippen molar-refractivity contribution in [3.8, 4) is 0 Å². The molecule has 0 amide bonds. The summed E-state index contributed by atoms with van der Waals surface area (Å²) in [5.74, 6) is 0.739. The lowest BCUT2D eigenvalue weighted by molar-refractivity contribution is 0.196. The van der Waals surface area contributed by atoms with Gasteiger partial charge in [0.1, 0.15) is 0 Å². The molecule has 1 N–H and O–H groups in total. The fourth-order valence-corrected chi connectivity index (χ4v) is 3.47. The first kappa shape index (κ1) is 14.3. The Morgan fingerprint density at radius 2 is 2.15 bits per heavy atom. The first-order valence-corrected chi connectivity index (χ1v) is 8.52. The third-order valence-electron chi connectivity index (χ3n) is 3.98. The molecule has 1 heterocycles. The number of nitrogens with zero attached hydrogens (tertiary/aromatic N) is 2. The van der Waals surface area contributed by atoms with Crippen molar-refractivity contribution in [3.63, 3.8) is 0 Å². The van der Waals surface area contributed by atoms with Gasteiger partial charge in [-0.05, 0) is 32.1 Å². The van der Waals surface area contributed by atoms with E-state index in [-0.39, 0.29) is 0 Å². The Balaban J connectivity index is 1.62. The van der Waals surface area contributed by atoms with E-state index in [4.69, 9.17) is 9.72 Å². The Morgan fingerprint density at radius 1 is 1.35 bits per heavy atom. The Morgan fingerprint density at radius 3 is 2.80 bits per heavy atom. The van der Waals surface area contributed by atoms with Gasteiger partial charge < -0.3 is 15.0 Å². The maximum absolute atomic E-state index is 5.12. The summed E-state index contributed by atoms with van der Waals surface area (Å²) >= 11 is 1.88. The summed E-state index contributed by atoms with van der Waals surface area (Å²) in [6.07, 6.45) is 6.41. The number of aromatic nitrogens is 1. The number of thiazole rings is 1. The van der Waals surface area contributed by atoms with Crippen molar-refractivity contribution in [2.45, 2.75) is 50.6 Å². The summed E-state index contributed by atoms with van der Waals surface area (Å²) in [5.41, 5.74) is 1.37. The van der Waals surface area contributed by atoms with E-state index < -0.39 is 0 Å². The molecule has 0 saturated heterocycles. The summed E-state index contributed by atoms with van der Waals surface area (Å²) in [4.78, 5) is 8.65. The highest BCUT2D eigenvalue weighted by atomic mass is 32.1. The largest absolute Gasteiger partial charge is 0.385 e. The number of nitrogens with one attached hydrogen (secondary N) is 1. The molecule has 0 bridgehead atoms. The van der Waals surface area contributed by atoms with Crippen LogP contribution in [0.25, 0.3) is 0 Å². The molecule has 0 aliphatic heterocycles. The topological polar surface area (TPSA) is 37.4 Å². The van der Waals surface area contributed by atoms with Gasteiger partial charge in [-0.2, -0.15) is 0 Å². The lowest BCUT2D eigenvalue weighted by atomic mass is 10.2. The molecular weight excluding hydrogens is 270 g/mol. The van der Waals surface area contributed by atoms with Crippen molar-refractivity contribution < 1.29 is 4.74 Å². The van der Waals surface area contributed by atoms with E-state index in [9.17, 15) is 0 Å². The van der Waals surface area contributed by atoms with E-state index >= 15 is 0 Å². The van der Waals surface area contributed by atoms with Crippen molar-refractivity contribution in [2.24, 2.45) is 0 Å². The Kier molecular flexibility index (Phi) is 4.58. The first-order chi connectivity index (χ1) is 9.78. The summed E-state index contributed by atoms with van der Waals surface area (Å²) < 4.78 is 5.12. The van der Waals surface area contributed by atoms with Crippen LogP contribution in [0.4, 0.5) is 5.13 Å². The number of anilines is 1. The fourth-order valence-electron chi connectivity index (χ4n) is 2.38. The Bertz CT molecular complexity index is 440. The molecule has 0 atom stereocenters. The molecule has 0 spiro atoms. The predicted octanol–water partition coefficient (Wildman–Crippen LogP) is 2.75. The maximum Gasteiger partial charge on any atom is 0.185 e. The van der Waals surface area contributed by atoms with Gasteiger partial charge in [-0.15, -0.1) is 11.3 Å². The monoisotopic (exact) mass is 295 g/mol. The second kappa shape index (κ2) is 6.41. The molecule has 3 rings (SSSR count). The van der Waals surface area contributed by atoms with Gasteiger partial charge >= 0.3 is 0 Å². The van der Waals surface area contributed by atoms with Crippen molar-refractivity contribution >= 4 is 16.5 Å². The van der Waals surface area contributed by atoms with E-state index in [1.807, 2.05) is 11.3 Å². The zero-order chi connectivity index (χ0) is 13.9. The van der Waals surface area contributed by atoms with Crippen LogP contribution >= 0.6 is 11.3 Å². The minimum Gasteiger partial charge on any atom is -0.385 e. The molecule has 2 saturated carbocycles. The fraction of sp³-hybridized carbons (Fsp3) is 0.800. The molecule has 112 valence electrons. The van der Waals surface area contributed by atoms with Gasteiger partial charge in [-0.25, -0.2) is 4.98 Å². The van der Waals surface area contributed by atoms with E-state index in [0.717, 1.165) is 38.1 Å². The first-order valence-electron chi connectivity index (χ1n) is 7.71. The quantitative estimate of drug-likeness (QED) is 0.711. The Labute approximate surface area is 125 Å². The second-order valence-electron chi connectivity index (χ2n) is 6.00. The SMILES string of the molecule is COCCCN(C)c1nc(C2CC2)c(CNC2CC2)s1. The van der Waals surface area contributed by atoms with Gasteiger partial charge in [0.15, 0.2) is 5.13 Å². The van der Waals surface area contributed by atoms with E-state index in [1.165, 1.54) is 41.4 Å². The number of ether oxygens (including phenoxy) is 1. The average molecular weight is 295 g/mol. The third-order valence-corrected chi connectivity index (χ3v) is 5.16. The Hall–Kier alpha value is -0.650. The van der Waals surface area contributed by atoms with Crippen LogP contribution in [0.2, 0.25) is 0 Å². The van der Waals surface area contributed by atoms with Gasteiger partial charge in [0, 0.05) is 50.7 Å². The summed E-state index contributed by atoms with van der Waals surface area (Å²) in [5, 5.41) is 4.81. The number of methoxy groups -OCH3 is 1. The molecule has 0 aromatic carbocycles. The van der Waals surface area contributed by atoms with E-state index in [0.29, 0.717) is 0 Å². The highest BCUT2D eigenvalue weighted by molar-refractivity contribution is 7.15. The van der Waals surface area contributed by atoms with Gasteiger partial charge in [-0.1, -0.05) is 0 Å². The van der Waals surface area contributed by atoms with Crippen LogP contribution in [0.3, 0.4) is 0 Å². The number of hydrogen-bond acceptors (Lipinski definition) is 5. The maximum atomic E-state index is 5.12.